The molecule has 0 spiro atoms. The number of hydrogen-bond acceptors (Lipinski definition) is 3. The molecule has 1 atom stereocenters. The van der Waals surface area contributed by atoms with Gasteiger partial charge in [-0.3, -0.25) is 5.01 Å². The van der Waals surface area contributed by atoms with Gasteiger partial charge in [-0.05, 0) is 49.0 Å². The maximum atomic E-state index is 14.1. The Bertz CT molecular complexity index is 1080. The second-order valence-corrected chi connectivity index (χ2v) is 7.94. The molecule has 0 fully saturated rings. The lowest BCUT2D eigenvalue weighted by molar-refractivity contribution is 0.384. The van der Waals surface area contributed by atoms with Crippen molar-refractivity contribution in [1.29, 1.82) is 0 Å². The number of halogens is 1. The highest BCUT2D eigenvalue weighted by molar-refractivity contribution is 5.93. The van der Waals surface area contributed by atoms with Crippen LogP contribution in [0.3, 0.4) is 0 Å². The summed E-state index contributed by atoms with van der Waals surface area (Å²) < 4.78 is 14.1. The van der Waals surface area contributed by atoms with Gasteiger partial charge in [0.15, 0.2) is 11.6 Å². The fraction of sp³-hybridized carbons (Fsp3) is 0.222. The molecule has 0 radical (unpaired) electrons. The summed E-state index contributed by atoms with van der Waals surface area (Å²) in [6, 6.07) is 25.4. The summed E-state index contributed by atoms with van der Waals surface area (Å²) in [6.07, 6.45) is 4.64. The largest absolute Gasteiger partial charge is 0.505 e. The van der Waals surface area contributed by atoms with Gasteiger partial charge in [-0.15, -0.1) is 0 Å². The molecule has 1 aliphatic heterocycles. The van der Waals surface area contributed by atoms with Gasteiger partial charge < -0.3 is 5.11 Å². The summed E-state index contributed by atoms with van der Waals surface area (Å²) in [6.45, 7) is 2.72. The van der Waals surface area contributed by atoms with Crippen LogP contribution in [0.25, 0.3) is 0 Å². The Morgan fingerprint density at radius 2 is 1.48 bits per heavy atom. The molecule has 1 unspecified atom stereocenters. The quantitative estimate of drug-likeness (QED) is 0.510. The van der Waals surface area contributed by atoms with Crippen molar-refractivity contribution in [1.82, 2.24) is 5.01 Å². The van der Waals surface area contributed by atoms with Crippen LogP contribution in [0, 0.1) is 5.82 Å². The second kappa shape index (κ2) is 9.61. The predicted molar refractivity (Wildman–Crippen MR) is 124 cm³/mol. The van der Waals surface area contributed by atoms with E-state index in [0.29, 0.717) is 5.56 Å². The molecule has 31 heavy (non-hydrogen) atoms. The smallest absolute Gasteiger partial charge is 0.165 e. The molecular formula is C27H27FN2O. The van der Waals surface area contributed by atoms with Crippen LogP contribution in [0.2, 0.25) is 0 Å². The van der Waals surface area contributed by atoms with Gasteiger partial charge in [0.05, 0.1) is 5.92 Å². The first-order valence-electron chi connectivity index (χ1n) is 10.7. The third-order valence-electron chi connectivity index (χ3n) is 5.74. The lowest BCUT2D eigenvalue weighted by Crippen LogP contribution is -2.26. The third-order valence-corrected chi connectivity index (χ3v) is 5.74. The van der Waals surface area contributed by atoms with Gasteiger partial charge in [-0.25, -0.2) is 4.39 Å². The van der Waals surface area contributed by atoms with Crippen molar-refractivity contribution in [3.63, 3.8) is 0 Å². The first-order valence-corrected chi connectivity index (χ1v) is 10.7. The average Bonchev–Trinajstić information content (AvgIpc) is 2.80. The summed E-state index contributed by atoms with van der Waals surface area (Å²) in [4.78, 5) is 0. The Labute approximate surface area is 183 Å². The topological polar surface area (TPSA) is 35.8 Å². The van der Waals surface area contributed by atoms with E-state index in [-0.39, 0.29) is 11.7 Å². The highest BCUT2D eigenvalue weighted by atomic mass is 19.1. The lowest BCUT2D eigenvalue weighted by atomic mass is 9.83. The number of allylic oxidation sites excluding steroid dienone is 1. The van der Waals surface area contributed by atoms with E-state index in [0.717, 1.165) is 37.1 Å². The number of phenolic OH excluding ortho intramolecular Hbond substituents is 1. The van der Waals surface area contributed by atoms with Gasteiger partial charge in [0.25, 0.3) is 0 Å². The van der Waals surface area contributed by atoms with Crippen LogP contribution in [-0.4, -0.2) is 22.4 Å². The van der Waals surface area contributed by atoms with Crippen molar-refractivity contribution in [2.45, 2.75) is 32.1 Å². The minimum atomic E-state index is -0.598. The number of aromatic hydroxyl groups is 1. The van der Waals surface area contributed by atoms with Gasteiger partial charge in [-0.1, -0.05) is 72.8 Å². The number of benzene rings is 3. The molecule has 4 heteroatoms. The maximum Gasteiger partial charge on any atom is 0.165 e. The van der Waals surface area contributed by atoms with Crippen LogP contribution >= 0.6 is 0 Å². The monoisotopic (exact) mass is 414 g/mol. The van der Waals surface area contributed by atoms with Gasteiger partial charge >= 0.3 is 0 Å². The molecule has 3 aromatic carbocycles. The summed E-state index contributed by atoms with van der Waals surface area (Å²) >= 11 is 0. The predicted octanol–water partition coefficient (Wildman–Crippen LogP) is 6.07. The van der Waals surface area contributed by atoms with Crippen molar-refractivity contribution in [3.8, 4) is 5.75 Å². The number of rotatable bonds is 7. The number of aryl methyl sites for hydroxylation is 1. The van der Waals surface area contributed by atoms with Crippen molar-refractivity contribution in [2.24, 2.45) is 5.10 Å². The molecule has 0 saturated heterocycles. The summed E-state index contributed by atoms with van der Waals surface area (Å²) in [5.41, 5.74) is 5.08. The van der Waals surface area contributed by atoms with Crippen molar-refractivity contribution < 1.29 is 9.50 Å². The first-order chi connectivity index (χ1) is 15.1. The number of hydrogen-bond donors (Lipinski definition) is 1. The van der Waals surface area contributed by atoms with Crippen molar-refractivity contribution >= 4 is 5.71 Å². The van der Waals surface area contributed by atoms with Gasteiger partial charge in [0, 0.05) is 24.0 Å². The van der Waals surface area contributed by atoms with Gasteiger partial charge in [0.2, 0.25) is 0 Å². The summed E-state index contributed by atoms with van der Waals surface area (Å²) in [5.74, 6) is -1.11. The molecule has 3 aromatic rings. The van der Waals surface area contributed by atoms with E-state index in [1.54, 1.807) is 12.1 Å². The zero-order chi connectivity index (χ0) is 21.6. The molecule has 1 N–H and O–H groups in total. The number of para-hydroxylation sites is 1. The molecule has 158 valence electrons. The minimum absolute atomic E-state index is 0.229. The average molecular weight is 415 g/mol. The Hall–Kier alpha value is -3.40. The summed E-state index contributed by atoms with van der Waals surface area (Å²) in [5, 5.41) is 17.2. The molecule has 0 bridgehead atoms. The number of hydrazone groups is 1. The molecule has 3 nitrogen and oxygen atoms in total. The highest BCUT2D eigenvalue weighted by Gasteiger charge is 2.28. The second-order valence-electron chi connectivity index (χ2n) is 7.94. The van der Waals surface area contributed by atoms with Gasteiger partial charge in [0.1, 0.15) is 0 Å². The van der Waals surface area contributed by atoms with Crippen molar-refractivity contribution in [2.75, 3.05) is 6.54 Å². The van der Waals surface area contributed by atoms with Crippen LogP contribution in [0.1, 0.15) is 36.0 Å². The Kier molecular flexibility index (Phi) is 6.46. The van der Waals surface area contributed by atoms with Crippen LogP contribution < -0.4 is 0 Å². The molecule has 0 aliphatic carbocycles. The molecular weight excluding hydrogens is 387 g/mol. The normalized spacial score (nSPS) is 16.1. The maximum absolute atomic E-state index is 14.1. The third kappa shape index (κ3) is 5.02. The fourth-order valence-corrected chi connectivity index (χ4v) is 4.16. The minimum Gasteiger partial charge on any atom is -0.505 e. The molecule has 0 aromatic heterocycles. The number of nitrogens with zero attached hydrogens (tertiary/aromatic N) is 2. The van der Waals surface area contributed by atoms with E-state index < -0.39 is 5.82 Å². The zero-order valence-electron chi connectivity index (χ0n) is 17.7. The van der Waals surface area contributed by atoms with E-state index in [1.165, 1.54) is 17.2 Å². The SMILES string of the molecule is CC1=NN(CCc2ccccc2)C=C(CCc2ccccc2)C1c1cccc(F)c1O. The Balaban J connectivity index is 1.60. The van der Waals surface area contributed by atoms with Crippen LogP contribution in [0.5, 0.6) is 5.75 Å². The molecule has 0 saturated carbocycles. The molecule has 0 amide bonds. The van der Waals surface area contributed by atoms with E-state index in [9.17, 15) is 9.50 Å². The van der Waals surface area contributed by atoms with Crippen molar-refractivity contribution in [3.05, 3.63) is 113 Å². The molecule has 1 heterocycles. The Morgan fingerprint density at radius 3 is 2.16 bits per heavy atom. The Morgan fingerprint density at radius 1 is 0.839 bits per heavy atom. The standard InChI is InChI=1S/C27H27FN2O/c1-20-26(24-13-8-14-25(28)27(24)31)23(16-15-21-9-4-2-5-10-21)19-30(29-20)18-17-22-11-6-3-7-12-22/h2-14,19,26,31H,15-18H2,1H3. The van der Waals surface area contributed by atoms with Crippen LogP contribution in [0.4, 0.5) is 4.39 Å². The fourth-order valence-electron chi connectivity index (χ4n) is 4.16. The van der Waals surface area contributed by atoms with E-state index in [2.05, 4.69) is 30.5 Å². The summed E-state index contributed by atoms with van der Waals surface area (Å²) in [7, 11) is 0. The molecule has 4 rings (SSSR count). The van der Waals surface area contributed by atoms with Crippen LogP contribution in [0.15, 0.2) is 95.7 Å². The van der Waals surface area contributed by atoms with E-state index in [1.807, 2.05) is 48.3 Å². The highest BCUT2D eigenvalue weighted by Crippen LogP contribution is 2.38. The molecule has 1 aliphatic rings. The zero-order valence-corrected chi connectivity index (χ0v) is 17.7. The first kappa shape index (κ1) is 20.9. The lowest BCUT2D eigenvalue weighted by Gasteiger charge is -2.30. The van der Waals surface area contributed by atoms with E-state index in [4.69, 9.17) is 5.10 Å². The number of phenols is 1. The van der Waals surface area contributed by atoms with E-state index >= 15 is 0 Å². The van der Waals surface area contributed by atoms with Gasteiger partial charge in [-0.2, -0.15) is 5.10 Å². The van der Waals surface area contributed by atoms with Crippen LogP contribution in [-0.2, 0) is 12.8 Å².